The molecule has 0 aromatic heterocycles. The fourth-order valence-electron chi connectivity index (χ4n) is 3.09. The van der Waals surface area contributed by atoms with Crippen LogP contribution in [0.25, 0.3) is 0 Å². The molecule has 2 unspecified atom stereocenters. The van der Waals surface area contributed by atoms with Gasteiger partial charge >= 0.3 is 0 Å². The molecule has 2 atom stereocenters. The summed E-state index contributed by atoms with van der Waals surface area (Å²) in [6, 6.07) is 0.741. The summed E-state index contributed by atoms with van der Waals surface area (Å²) in [7, 11) is 0. The maximum absolute atomic E-state index is 12.3. The van der Waals surface area contributed by atoms with Gasteiger partial charge < -0.3 is 15.5 Å². The highest BCUT2D eigenvalue weighted by Crippen LogP contribution is 2.28. The molecule has 0 radical (unpaired) electrons. The van der Waals surface area contributed by atoms with Gasteiger partial charge in [0.15, 0.2) is 0 Å². The maximum Gasteiger partial charge on any atom is 0.223 e. The van der Waals surface area contributed by atoms with E-state index in [2.05, 4.69) is 10.6 Å². The predicted molar refractivity (Wildman–Crippen MR) is 73.7 cm³/mol. The second-order valence-corrected chi connectivity index (χ2v) is 5.53. The number of nitrogens with one attached hydrogen (secondary N) is 2. The summed E-state index contributed by atoms with van der Waals surface area (Å²) >= 11 is 0. The molecule has 0 spiro atoms. The van der Waals surface area contributed by atoms with E-state index < -0.39 is 0 Å². The lowest BCUT2D eigenvalue weighted by Crippen LogP contribution is -2.42. The molecular formula is C14H25N3O2. The third-order valence-electron chi connectivity index (χ3n) is 4.08. The summed E-state index contributed by atoms with van der Waals surface area (Å²) in [5.41, 5.74) is 0. The first kappa shape index (κ1) is 14.3. The minimum absolute atomic E-state index is 0.00417. The van der Waals surface area contributed by atoms with Crippen molar-refractivity contribution in [1.29, 1.82) is 0 Å². The van der Waals surface area contributed by atoms with Gasteiger partial charge in [-0.15, -0.1) is 0 Å². The molecule has 0 aromatic carbocycles. The second-order valence-electron chi connectivity index (χ2n) is 5.53. The molecular weight excluding hydrogens is 242 g/mol. The molecule has 19 heavy (non-hydrogen) atoms. The van der Waals surface area contributed by atoms with Crippen LogP contribution < -0.4 is 10.6 Å². The summed E-state index contributed by atoms with van der Waals surface area (Å²) < 4.78 is 0. The topological polar surface area (TPSA) is 61.4 Å². The van der Waals surface area contributed by atoms with E-state index in [-0.39, 0.29) is 11.8 Å². The van der Waals surface area contributed by atoms with Crippen LogP contribution in [0, 0.1) is 0 Å². The predicted octanol–water partition coefficient (Wildman–Crippen LogP) is 0.646. The molecule has 5 nitrogen and oxygen atoms in total. The van der Waals surface area contributed by atoms with E-state index in [0.717, 1.165) is 38.8 Å². The monoisotopic (exact) mass is 267 g/mol. The lowest BCUT2D eigenvalue weighted by atomic mass is 10.1. The first-order chi connectivity index (χ1) is 9.22. The van der Waals surface area contributed by atoms with Crippen LogP contribution in [-0.2, 0) is 9.59 Å². The normalized spacial score (nSPS) is 26.1. The van der Waals surface area contributed by atoms with Gasteiger partial charge in [-0.05, 0) is 32.2 Å². The van der Waals surface area contributed by atoms with Gasteiger partial charge in [-0.25, -0.2) is 0 Å². The number of rotatable bonds is 5. The van der Waals surface area contributed by atoms with Crippen LogP contribution >= 0.6 is 0 Å². The van der Waals surface area contributed by atoms with Crippen molar-refractivity contribution in [3.05, 3.63) is 0 Å². The third kappa shape index (κ3) is 3.69. The zero-order valence-electron chi connectivity index (χ0n) is 11.8. The first-order valence-electron chi connectivity index (χ1n) is 7.51. The fraction of sp³-hybridized carbons (Fsp3) is 0.857. The second kappa shape index (κ2) is 6.89. The van der Waals surface area contributed by atoms with Crippen LogP contribution in [0.3, 0.4) is 0 Å². The molecule has 2 N–H and O–H groups in total. The number of carbonyl (C=O) groups is 2. The maximum atomic E-state index is 12.3. The summed E-state index contributed by atoms with van der Waals surface area (Å²) in [5, 5.41) is 6.20. The molecule has 5 heteroatoms. The van der Waals surface area contributed by atoms with E-state index in [9.17, 15) is 9.59 Å². The average molecular weight is 267 g/mol. The van der Waals surface area contributed by atoms with Crippen molar-refractivity contribution in [3.63, 3.8) is 0 Å². The minimum Gasteiger partial charge on any atom is -0.356 e. The van der Waals surface area contributed by atoms with Crippen molar-refractivity contribution >= 4 is 11.8 Å². The van der Waals surface area contributed by atoms with Crippen molar-refractivity contribution < 1.29 is 9.59 Å². The minimum atomic E-state index is -0.00417. The summed E-state index contributed by atoms with van der Waals surface area (Å²) in [4.78, 5) is 25.9. The lowest BCUT2D eigenvalue weighted by Gasteiger charge is -2.27. The number of amides is 2. The van der Waals surface area contributed by atoms with Crippen LogP contribution in [-0.4, -0.2) is 48.4 Å². The SMILES string of the molecule is CCCNC(=O)CCC(=O)N1C2CCNCC1CC2. The van der Waals surface area contributed by atoms with Gasteiger partial charge in [0, 0.05) is 38.0 Å². The fourth-order valence-corrected chi connectivity index (χ4v) is 3.09. The van der Waals surface area contributed by atoms with Gasteiger partial charge in [-0.1, -0.05) is 6.92 Å². The third-order valence-corrected chi connectivity index (χ3v) is 4.08. The molecule has 2 aliphatic heterocycles. The van der Waals surface area contributed by atoms with Gasteiger partial charge in [0.2, 0.25) is 11.8 Å². The van der Waals surface area contributed by atoms with Crippen LogP contribution in [0.5, 0.6) is 0 Å². The number of carbonyl (C=O) groups excluding carboxylic acids is 2. The first-order valence-corrected chi connectivity index (χ1v) is 7.51. The molecule has 108 valence electrons. The van der Waals surface area contributed by atoms with Crippen molar-refractivity contribution in [3.8, 4) is 0 Å². The molecule has 0 aromatic rings. The Balaban J connectivity index is 1.81. The van der Waals surface area contributed by atoms with Crippen LogP contribution in [0.4, 0.5) is 0 Å². The van der Waals surface area contributed by atoms with E-state index in [0.29, 0.717) is 31.5 Å². The standard InChI is InChI=1S/C14H25N3O2/c1-2-8-16-13(18)5-6-14(19)17-11-3-4-12(17)10-15-9-7-11/h11-12,15H,2-10H2,1H3,(H,16,18). The van der Waals surface area contributed by atoms with Crippen LogP contribution in [0.2, 0.25) is 0 Å². The van der Waals surface area contributed by atoms with Crippen molar-refractivity contribution in [2.75, 3.05) is 19.6 Å². The Kier molecular flexibility index (Phi) is 5.19. The van der Waals surface area contributed by atoms with Gasteiger partial charge in [0.05, 0.1) is 0 Å². The largest absolute Gasteiger partial charge is 0.356 e. The van der Waals surface area contributed by atoms with E-state index in [1.165, 1.54) is 0 Å². The van der Waals surface area contributed by atoms with Gasteiger partial charge in [0.1, 0.15) is 0 Å². The summed E-state index contributed by atoms with van der Waals surface area (Å²) in [6.45, 7) is 4.63. The van der Waals surface area contributed by atoms with Crippen LogP contribution in [0.1, 0.15) is 45.4 Å². The van der Waals surface area contributed by atoms with Crippen molar-refractivity contribution in [2.24, 2.45) is 0 Å². The van der Waals surface area contributed by atoms with E-state index >= 15 is 0 Å². The average Bonchev–Trinajstić information content (AvgIpc) is 2.67. The van der Waals surface area contributed by atoms with E-state index in [1.807, 2.05) is 11.8 Å². The van der Waals surface area contributed by atoms with Crippen molar-refractivity contribution in [1.82, 2.24) is 15.5 Å². The number of hydrogen-bond acceptors (Lipinski definition) is 3. The highest BCUT2D eigenvalue weighted by molar-refractivity contribution is 5.84. The lowest BCUT2D eigenvalue weighted by molar-refractivity contribution is -0.135. The molecule has 2 amide bonds. The molecule has 2 saturated heterocycles. The molecule has 2 bridgehead atoms. The molecule has 0 saturated carbocycles. The Morgan fingerprint density at radius 1 is 1.21 bits per heavy atom. The Morgan fingerprint density at radius 3 is 2.79 bits per heavy atom. The molecule has 2 rings (SSSR count). The number of fused-ring (bicyclic) bond motifs is 2. The summed E-state index contributed by atoms with van der Waals surface area (Å²) in [6.07, 6.45) is 4.88. The Labute approximate surface area is 115 Å². The molecule has 2 heterocycles. The highest BCUT2D eigenvalue weighted by Gasteiger charge is 2.37. The zero-order valence-corrected chi connectivity index (χ0v) is 11.8. The molecule has 0 aliphatic carbocycles. The highest BCUT2D eigenvalue weighted by atomic mass is 16.2. The van der Waals surface area contributed by atoms with Crippen molar-refractivity contribution in [2.45, 2.75) is 57.5 Å². The Hall–Kier alpha value is -1.10. The zero-order chi connectivity index (χ0) is 13.7. The van der Waals surface area contributed by atoms with E-state index in [1.54, 1.807) is 0 Å². The molecule has 2 aliphatic rings. The quantitative estimate of drug-likeness (QED) is 0.768. The Bertz CT molecular complexity index is 319. The Morgan fingerprint density at radius 2 is 2.00 bits per heavy atom. The van der Waals surface area contributed by atoms with Crippen LogP contribution in [0.15, 0.2) is 0 Å². The van der Waals surface area contributed by atoms with Gasteiger partial charge in [-0.3, -0.25) is 9.59 Å². The van der Waals surface area contributed by atoms with E-state index in [4.69, 9.17) is 0 Å². The number of hydrogen-bond donors (Lipinski definition) is 2. The smallest absolute Gasteiger partial charge is 0.223 e. The molecule has 2 fully saturated rings. The number of nitrogens with zero attached hydrogens (tertiary/aromatic N) is 1. The summed E-state index contributed by atoms with van der Waals surface area (Å²) in [5.74, 6) is 0.151. The van der Waals surface area contributed by atoms with Gasteiger partial charge in [0.25, 0.3) is 0 Å². The van der Waals surface area contributed by atoms with Gasteiger partial charge in [-0.2, -0.15) is 0 Å².